The molecular formula is C14H32O6Si2. The Kier molecular flexibility index (Phi) is 10.6. The molecule has 6 nitrogen and oxygen atoms in total. The van der Waals surface area contributed by atoms with Crippen LogP contribution in [0.2, 0.25) is 0 Å². The Bertz CT molecular complexity index is 288. The normalized spacial score (nSPS) is 16.5. The lowest BCUT2D eigenvalue weighted by Gasteiger charge is -2.30. The molecule has 0 radical (unpaired) electrons. The van der Waals surface area contributed by atoms with Gasteiger partial charge in [0.25, 0.3) is 0 Å². The van der Waals surface area contributed by atoms with Gasteiger partial charge in [0.15, 0.2) is 0 Å². The first-order valence-corrected chi connectivity index (χ1v) is 9.26. The van der Waals surface area contributed by atoms with E-state index >= 15 is 0 Å². The summed E-state index contributed by atoms with van der Waals surface area (Å²) < 4.78 is 32.7. The van der Waals surface area contributed by atoms with Gasteiger partial charge in [-0.2, -0.15) is 0 Å². The fourth-order valence-corrected chi connectivity index (χ4v) is 2.74. The van der Waals surface area contributed by atoms with Crippen LogP contribution >= 0.6 is 0 Å². The van der Waals surface area contributed by atoms with Crippen LogP contribution in [0.25, 0.3) is 0 Å². The highest BCUT2D eigenvalue weighted by Gasteiger charge is 2.28. The quantitative estimate of drug-likeness (QED) is 0.255. The fraction of sp³-hybridized carbons (Fsp3) is 0.857. The summed E-state index contributed by atoms with van der Waals surface area (Å²) in [7, 11) is 11.4. The molecule has 0 aromatic heterocycles. The first-order chi connectivity index (χ1) is 10.3. The molecule has 132 valence electrons. The molecule has 0 aliphatic rings. The molecule has 0 N–H and O–H groups in total. The summed E-state index contributed by atoms with van der Waals surface area (Å²) in [6.45, 7) is 0. The molecule has 2 unspecified atom stereocenters. The van der Waals surface area contributed by atoms with E-state index in [4.69, 9.17) is 28.4 Å². The maximum Gasteiger partial charge on any atom is 0.143 e. The van der Waals surface area contributed by atoms with Crippen LogP contribution < -0.4 is 0 Å². The molecule has 22 heavy (non-hydrogen) atoms. The predicted molar refractivity (Wildman–Crippen MR) is 93.3 cm³/mol. The number of hydrogen-bond donors (Lipinski definition) is 0. The molecule has 0 fully saturated rings. The highest BCUT2D eigenvalue weighted by molar-refractivity contribution is 6.13. The van der Waals surface area contributed by atoms with Crippen LogP contribution in [-0.2, 0) is 28.4 Å². The molecule has 2 atom stereocenters. The summed E-state index contributed by atoms with van der Waals surface area (Å²) in [5.41, 5.74) is -1.10. The topological polar surface area (TPSA) is 55.4 Å². The van der Waals surface area contributed by atoms with Crippen LogP contribution in [0.3, 0.4) is 0 Å². The van der Waals surface area contributed by atoms with E-state index in [1.807, 2.05) is 12.2 Å². The Balaban J connectivity index is 4.79. The third kappa shape index (κ3) is 7.47. The molecule has 0 amide bonds. The van der Waals surface area contributed by atoms with Crippen LogP contribution in [0.15, 0.2) is 12.2 Å². The van der Waals surface area contributed by atoms with Crippen molar-refractivity contribution in [3.63, 3.8) is 0 Å². The summed E-state index contributed by atoms with van der Waals surface area (Å²) in [5, 5.41) is 0. The van der Waals surface area contributed by atoms with Gasteiger partial charge in [-0.1, -0.05) is 12.2 Å². The fourth-order valence-electron chi connectivity index (χ4n) is 1.94. The Labute approximate surface area is 140 Å². The van der Waals surface area contributed by atoms with Crippen LogP contribution in [0.5, 0.6) is 0 Å². The van der Waals surface area contributed by atoms with Crippen molar-refractivity contribution in [2.45, 2.75) is 35.9 Å². The van der Waals surface area contributed by atoms with Crippen LogP contribution in [0.4, 0.5) is 0 Å². The van der Waals surface area contributed by atoms with Gasteiger partial charge in [0, 0.05) is 55.5 Å². The minimum Gasteiger partial charge on any atom is -0.377 e. The van der Waals surface area contributed by atoms with Crippen molar-refractivity contribution >= 4 is 20.5 Å². The lowest BCUT2D eigenvalue weighted by molar-refractivity contribution is -0.160. The van der Waals surface area contributed by atoms with E-state index in [-0.39, 0.29) is 12.2 Å². The molecule has 0 heterocycles. The van der Waals surface area contributed by atoms with Crippen molar-refractivity contribution in [2.24, 2.45) is 0 Å². The minimum absolute atomic E-state index is 0.108. The van der Waals surface area contributed by atoms with Crippen molar-refractivity contribution in [3.8, 4) is 0 Å². The van der Waals surface area contributed by atoms with E-state index in [0.29, 0.717) is 12.8 Å². The molecule has 0 saturated carbocycles. The van der Waals surface area contributed by atoms with E-state index in [1.165, 1.54) is 0 Å². The lowest BCUT2D eigenvalue weighted by atomic mass is 10.1. The average molecular weight is 353 g/mol. The van der Waals surface area contributed by atoms with E-state index in [1.54, 1.807) is 42.7 Å². The van der Waals surface area contributed by atoms with E-state index < -0.39 is 10.8 Å². The van der Waals surface area contributed by atoms with Crippen LogP contribution in [-0.4, -0.2) is 86.2 Å². The summed E-state index contributed by atoms with van der Waals surface area (Å²) in [5.74, 6) is 0. The zero-order chi connectivity index (χ0) is 17.2. The van der Waals surface area contributed by atoms with Crippen molar-refractivity contribution < 1.29 is 28.4 Å². The van der Waals surface area contributed by atoms with Crippen molar-refractivity contribution in [1.29, 1.82) is 0 Å². The summed E-state index contributed by atoms with van der Waals surface area (Å²) in [4.78, 5) is 0. The molecule has 0 rings (SSSR count). The first-order valence-electron chi connectivity index (χ1n) is 7.26. The van der Waals surface area contributed by atoms with Crippen molar-refractivity contribution in [1.82, 2.24) is 0 Å². The largest absolute Gasteiger partial charge is 0.377 e. The standard InChI is InChI=1S/C14H32O6Si2/c1-15-11(9-13(21,17-3)18-4)7-8-12(16-2)10-14(22,19-5)20-6/h7-8,11-12H,9-10H2,1-6,21-22H3. The van der Waals surface area contributed by atoms with Gasteiger partial charge in [-0.25, -0.2) is 0 Å². The summed E-state index contributed by atoms with van der Waals surface area (Å²) >= 11 is 0. The zero-order valence-corrected chi connectivity index (χ0v) is 19.2. The maximum absolute atomic E-state index is 5.49. The van der Waals surface area contributed by atoms with Crippen molar-refractivity contribution in [2.75, 3.05) is 42.7 Å². The molecule has 0 aliphatic heterocycles. The highest BCUT2D eigenvalue weighted by atomic mass is 28.2. The number of hydrogen-bond acceptors (Lipinski definition) is 6. The Morgan fingerprint density at radius 2 is 0.955 bits per heavy atom. The van der Waals surface area contributed by atoms with Crippen molar-refractivity contribution in [3.05, 3.63) is 12.2 Å². The van der Waals surface area contributed by atoms with Gasteiger partial charge in [-0.15, -0.1) is 0 Å². The predicted octanol–water partition coefficient (Wildman–Crippen LogP) is -1.02. The van der Waals surface area contributed by atoms with Gasteiger partial charge in [0.05, 0.1) is 32.7 Å². The smallest absolute Gasteiger partial charge is 0.143 e. The minimum atomic E-state index is -0.548. The monoisotopic (exact) mass is 352 g/mol. The van der Waals surface area contributed by atoms with Gasteiger partial charge in [0.1, 0.15) is 10.8 Å². The van der Waals surface area contributed by atoms with Crippen LogP contribution in [0.1, 0.15) is 12.8 Å². The second-order valence-corrected chi connectivity index (χ2v) is 8.47. The number of rotatable bonds is 12. The average Bonchev–Trinajstić information content (AvgIpc) is 2.56. The van der Waals surface area contributed by atoms with E-state index in [9.17, 15) is 0 Å². The maximum atomic E-state index is 5.49. The summed E-state index contributed by atoms with van der Waals surface area (Å²) in [6.07, 6.45) is 5.01. The molecule has 0 aromatic rings. The van der Waals surface area contributed by atoms with E-state index in [2.05, 4.69) is 0 Å². The van der Waals surface area contributed by atoms with Gasteiger partial charge in [-0.05, 0) is 0 Å². The Hall–Kier alpha value is -0.0662. The third-order valence-electron chi connectivity index (χ3n) is 4.02. The molecule has 0 aliphatic carbocycles. The van der Waals surface area contributed by atoms with Gasteiger partial charge in [-0.3, -0.25) is 0 Å². The molecule has 0 saturated heterocycles. The first kappa shape index (κ1) is 21.9. The van der Waals surface area contributed by atoms with Gasteiger partial charge in [0.2, 0.25) is 0 Å². The second-order valence-electron chi connectivity index (χ2n) is 5.43. The highest BCUT2D eigenvalue weighted by Crippen LogP contribution is 2.19. The third-order valence-corrected chi connectivity index (χ3v) is 6.47. The Morgan fingerprint density at radius 1 is 0.682 bits per heavy atom. The molecule has 0 bridgehead atoms. The number of methoxy groups -OCH3 is 6. The van der Waals surface area contributed by atoms with Gasteiger partial charge >= 0.3 is 0 Å². The summed E-state index contributed by atoms with van der Waals surface area (Å²) in [6, 6.07) is 0. The molecule has 8 heteroatoms. The molecular weight excluding hydrogens is 320 g/mol. The SMILES string of the molecule is COC(C=CC(CC([SiH3])(OC)OC)OC)CC([SiH3])(OC)OC. The Morgan fingerprint density at radius 3 is 1.14 bits per heavy atom. The van der Waals surface area contributed by atoms with E-state index in [0.717, 1.165) is 20.5 Å². The second kappa shape index (κ2) is 10.7. The molecule has 0 spiro atoms. The van der Waals surface area contributed by atoms with Gasteiger partial charge < -0.3 is 28.4 Å². The number of ether oxygens (including phenoxy) is 6. The van der Waals surface area contributed by atoms with Crippen LogP contribution in [0, 0.1) is 0 Å². The molecule has 0 aromatic carbocycles. The zero-order valence-electron chi connectivity index (χ0n) is 15.2. The lowest BCUT2D eigenvalue weighted by Crippen LogP contribution is -2.39.